The number of nitrogens with two attached hydrogens (primary N) is 1. The molecule has 2 nitrogen and oxygen atoms in total. The van der Waals surface area contributed by atoms with Crippen LogP contribution in [0.25, 0.3) is 0 Å². The third-order valence-electron chi connectivity index (χ3n) is 2.66. The zero-order chi connectivity index (χ0) is 11.5. The monoisotopic (exact) mass is 207 g/mol. The van der Waals surface area contributed by atoms with E-state index in [1.54, 1.807) is 7.11 Å². The molecule has 0 unspecified atom stereocenters. The van der Waals surface area contributed by atoms with Crippen molar-refractivity contribution in [1.29, 1.82) is 0 Å². The Labute approximate surface area is 92.4 Å². The van der Waals surface area contributed by atoms with E-state index in [1.807, 2.05) is 0 Å². The van der Waals surface area contributed by atoms with Gasteiger partial charge < -0.3 is 10.5 Å². The van der Waals surface area contributed by atoms with Crippen LogP contribution in [-0.4, -0.2) is 13.7 Å². The van der Waals surface area contributed by atoms with Crippen LogP contribution in [-0.2, 0) is 6.42 Å². The highest BCUT2D eigenvalue weighted by Crippen LogP contribution is 2.27. The van der Waals surface area contributed by atoms with Gasteiger partial charge in [0.1, 0.15) is 5.75 Å². The van der Waals surface area contributed by atoms with E-state index in [9.17, 15) is 0 Å². The van der Waals surface area contributed by atoms with E-state index in [0.29, 0.717) is 6.54 Å². The van der Waals surface area contributed by atoms with Crippen molar-refractivity contribution < 1.29 is 4.74 Å². The minimum atomic E-state index is 0.128. The van der Waals surface area contributed by atoms with Gasteiger partial charge in [-0.3, -0.25) is 0 Å². The Morgan fingerprint density at radius 1 is 1.33 bits per heavy atom. The Bertz CT molecular complexity index is 331. The SMILES string of the molecule is COc1cc(C)ccc1CC(C)(C)CN. The molecule has 0 aliphatic carbocycles. The summed E-state index contributed by atoms with van der Waals surface area (Å²) in [6.07, 6.45) is 0.951. The van der Waals surface area contributed by atoms with E-state index in [1.165, 1.54) is 11.1 Å². The summed E-state index contributed by atoms with van der Waals surface area (Å²) in [7, 11) is 1.72. The minimum absolute atomic E-state index is 0.128. The molecule has 1 aromatic rings. The van der Waals surface area contributed by atoms with E-state index < -0.39 is 0 Å². The molecule has 84 valence electrons. The first-order valence-corrected chi connectivity index (χ1v) is 5.32. The standard InChI is InChI=1S/C13H21NO/c1-10-5-6-11(12(7-10)15-4)8-13(2,3)9-14/h5-7H,8-9,14H2,1-4H3. The Hall–Kier alpha value is -1.02. The van der Waals surface area contributed by atoms with Crippen molar-refractivity contribution in [1.82, 2.24) is 0 Å². The molecule has 15 heavy (non-hydrogen) atoms. The van der Waals surface area contributed by atoms with Crippen LogP contribution in [0.4, 0.5) is 0 Å². The molecular formula is C13H21NO. The summed E-state index contributed by atoms with van der Waals surface area (Å²) in [6, 6.07) is 6.32. The van der Waals surface area contributed by atoms with Crippen LogP contribution in [0.2, 0.25) is 0 Å². The first-order chi connectivity index (χ1) is 6.98. The van der Waals surface area contributed by atoms with Gasteiger partial charge in [-0.05, 0) is 42.5 Å². The maximum Gasteiger partial charge on any atom is 0.122 e. The summed E-state index contributed by atoms with van der Waals surface area (Å²) >= 11 is 0. The molecule has 0 saturated heterocycles. The van der Waals surface area contributed by atoms with Gasteiger partial charge in [-0.15, -0.1) is 0 Å². The maximum absolute atomic E-state index is 5.73. The second-order valence-corrected chi connectivity index (χ2v) is 4.86. The molecule has 0 amide bonds. The van der Waals surface area contributed by atoms with Gasteiger partial charge in [0, 0.05) is 0 Å². The number of ether oxygens (including phenoxy) is 1. The van der Waals surface area contributed by atoms with Crippen molar-refractivity contribution in [3.05, 3.63) is 29.3 Å². The summed E-state index contributed by atoms with van der Waals surface area (Å²) in [5.74, 6) is 0.969. The summed E-state index contributed by atoms with van der Waals surface area (Å²) in [5.41, 5.74) is 8.32. The molecule has 0 heterocycles. The van der Waals surface area contributed by atoms with E-state index in [2.05, 4.69) is 39.0 Å². The molecular weight excluding hydrogens is 186 g/mol. The number of hydrogen-bond donors (Lipinski definition) is 1. The zero-order valence-electron chi connectivity index (χ0n) is 10.1. The Morgan fingerprint density at radius 3 is 2.53 bits per heavy atom. The van der Waals surface area contributed by atoms with Crippen molar-refractivity contribution in [3.63, 3.8) is 0 Å². The molecule has 0 fully saturated rings. The second kappa shape index (κ2) is 4.67. The third-order valence-corrected chi connectivity index (χ3v) is 2.66. The van der Waals surface area contributed by atoms with Gasteiger partial charge in [0.05, 0.1) is 7.11 Å². The fraction of sp³-hybridized carbons (Fsp3) is 0.538. The normalized spacial score (nSPS) is 11.5. The smallest absolute Gasteiger partial charge is 0.122 e. The Kier molecular flexibility index (Phi) is 3.75. The quantitative estimate of drug-likeness (QED) is 0.823. The lowest BCUT2D eigenvalue weighted by atomic mass is 9.85. The summed E-state index contributed by atoms with van der Waals surface area (Å²) in [5, 5.41) is 0. The van der Waals surface area contributed by atoms with Crippen molar-refractivity contribution in [2.24, 2.45) is 11.1 Å². The van der Waals surface area contributed by atoms with Gasteiger partial charge in [0.2, 0.25) is 0 Å². The van der Waals surface area contributed by atoms with Crippen LogP contribution in [0.15, 0.2) is 18.2 Å². The number of aryl methyl sites for hydroxylation is 1. The highest BCUT2D eigenvalue weighted by atomic mass is 16.5. The van der Waals surface area contributed by atoms with Crippen LogP contribution >= 0.6 is 0 Å². The van der Waals surface area contributed by atoms with Crippen LogP contribution < -0.4 is 10.5 Å². The lowest BCUT2D eigenvalue weighted by Crippen LogP contribution is -2.26. The lowest BCUT2D eigenvalue weighted by molar-refractivity contribution is 0.359. The van der Waals surface area contributed by atoms with Gasteiger partial charge in [0.15, 0.2) is 0 Å². The second-order valence-electron chi connectivity index (χ2n) is 4.86. The first-order valence-electron chi connectivity index (χ1n) is 5.32. The van der Waals surface area contributed by atoms with E-state index in [-0.39, 0.29) is 5.41 Å². The zero-order valence-corrected chi connectivity index (χ0v) is 10.1. The number of hydrogen-bond acceptors (Lipinski definition) is 2. The molecule has 2 heteroatoms. The molecule has 0 atom stereocenters. The fourth-order valence-corrected chi connectivity index (χ4v) is 1.59. The average molecular weight is 207 g/mol. The molecule has 0 aliphatic rings. The molecule has 0 aliphatic heterocycles. The number of methoxy groups -OCH3 is 1. The van der Waals surface area contributed by atoms with Crippen molar-refractivity contribution >= 4 is 0 Å². The fourth-order valence-electron chi connectivity index (χ4n) is 1.59. The number of benzene rings is 1. The minimum Gasteiger partial charge on any atom is -0.496 e. The van der Waals surface area contributed by atoms with Crippen LogP contribution in [0, 0.1) is 12.3 Å². The van der Waals surface area contributed by atoms with Gasteiger partial charge in [-0.1, -0.05) is 26.0 Å². The molecule has 0 radical (unpaired) electrons. The van der Waals surface area contributed by atoms with E-state index in [4.69, 9.17) is 10.5 Å². The topological polar surface area (TPSA) is 35.2 Å². The third kappa shape index (κ3) is 3.24. The van der Waals surface area contributed by atoms with Gasteiger partial charge in [-0.2, -0.15) is 0 Å². The largest absolute Gasteiger partial charge is 0.496 e. The molecule has 2 N–H and O–H groups in total. The molecule has 1 rings (SSSR count). The van der Waals surface area contributed by atoms with Gasteiger partial charge in [-0.25, -0.2) is 0 Å². The summed E-state index contributed by atoms with van der Waals surface area (Å²) < 4.78 is 5.38. The lowest BCUT2D eigenvalue weighted by Gasteiger charge is -2.23. The Balaban J connectivity index is 2.94. The van der Waals surface area contributed by atoms with Crippen LogP contribution in [0.3, 0.4) is 0 Å². The predicted octanol–water partition coefficient (Wildman–Crippen LogP) is 2.53. The molecule has 0 saturated carbocycles. The maximum atomic E-state index is 5.73. The van der Waals surface area contributed by atoms with Gasteiger partial charge in [0.25, 0.3) is 0 Å². The Morgan fingerprint density at radius 2 is 2.00 bits per heavy atom. The van der Waals surface area contributed by atoms with E-state index >= 15 is 0 Å². The van der Waals surface area contributed by atoms with Crippen molar-refractivity contribution in [3.8, 4) is 5.75 Å². The highest BCUT2D eigenvalue weighted by Gasteiger charge is 2.18. The molecule has 0 spiro atoms. The molecule has 0 bridgehead atoms. The summed E-state index contributed by atoms with van der Waals surface area (Å²) in [4.78, 5) is 0. The summed E-state index contributed by atoms with van der Waals surface area (Å²) in [6.45, 7) is 7.10. The van der Waals surface area contributed by atoms with Crippen molar-refractivity contribution in [2.75, 3.05) is 13.7 Å². The number of rotatable bonds is 4. The van der Waals surface area contributed by atoms with Crippen LogP contribution in [0.1, 0.15) is 25.0 Å². The molecule has 0 aromatic heterocycles. The highest BCUT2D eigenvalue weighted by molar-refractivity contribution is 5.37. The predicted molar refractivity (Wildman–Crippen MR) is 64.3 cm³/mol. The van der Waals surface area contributed by atoms with Crippen molar-refractivity contribution in [2.45, 2.75) is 27.2 Å². The first kappa shape index (κ1) is 12.1. The molecule has 1 aromatic carbocycles. The van der Waals surface area contributed by atoms with E-state index in [0.717, 1.165) is 12.2 Å². The van der Waals surface area contributed by atoms with Gasteiger partial charge >= 0.3 is 0 Å². The average Bonchev–Trinajstić information content (AvgIpc) is 2.20. The van der Waals surface area contributed by atoms with Crippen LogP contribution in [0.5, 0.6) is 5.75 Å².